The lowest BCUT2D eigenvalue weighted by Gasteiger charge is -2.12. The average Bonchev–Trinajstić information content (AvgIpc) is 3.19. The fourth-order valence-corrected chi connectivity index (χ4v) is 3.44. The maximum absolute atomic E-state index is 4.69. The molecule has 0 spiro atoms. The maximum atomic E-state index is 4.69. The number of para-hydroxylation sites is 2. The lowest BCUT2D eigenvalue weighted by Crippen LogP contribution is -2.05. The summed E-state index contributed by atoms with van der Waals surface area (Å²) in [7, 11) is 0. The summed E-state index contributed by atoms with van der Waals surface area (Å²) in [6.45, 7) is 1.09. The first-order chi connectivity index (χ1) is 11.9. The first kappa shape index (κ1) is 13.6. The van der Waals surface area contributed by atoms with Crippen molar-refractivity contribution in [1.82, 2.24) is 14.1 Å². The second-order valence-corrected chi connectivity index (χ2v) is 6.60. The summed E-state index contributed by atoms with van der Waals surface area (Å²) in [5.74, 6) is 1.83. The molecule has 0 atom stereocenters. The van der Waals surface area contributed by atoms with Crippen molar-refractivity contribution >= 4 is 10.9 Å². The van der Waals surface area contributed by atoms with Crippen molar-refractivity contribution in [2.45, 2.75) is 19.4 Å². The molecular weight excluding hydrogens is 294 g/mol. The summed E-state index contributed by atoms with van der Waals surface area (Å²) < 4.78 is 4.63. The van der Waals surface area contributed by atoms with E-state index in [1.54, 1.807) is 0 Å². The minimum absolute atomic E-state index is 0.819. The number of nitrogens with zero attached hydrogens (tertiary/aromatic N) is 3. The van der Waals surface area contributed by atoms with Gasteiger partial charge >= 0.3 is 0 Å². The first-order valence-electron chi connectivity index (χ1n) is 8.57. The van der Waals surface area contributed by atoms with E-state index in [1.807, 2.05) is 18.5 Å². The Labute approximate surface area is 141 Å². The van der Waals surface area contributed by atoms with Gasteiger partial charge in [0.1, 0.15) is 0 Å². The second kappa shape index (κ2) is 5.38. The highest BCUT2D eigenvalue weighted by Gasteiger charge is 2.25. The minimum Gasteiger partial charge on any atom is -0.338 e. The molecule has 1 aliphatic carbocycles. The van der Waals surface area contributed by atoms with Crippen LogP contribution in [0, 0.1) is 5.92 Å². The van der Waals surface area contributed by atoms with Crippen molar-refractivity contribution in [3.05, 3.63) is 73.1 Å². The summed E-state index contributed by atoms with van der Waals surface area (Å²) in [5, 5.41) is 1.29. The molecule has 2 heterocycles. The van der Waals surface area contributed by atoms with Crippen molar-refractivity contribution < 1.29 is 0 Å². The number of aromatic nitrogens is 3. The van der Waals surface area contributed by atoms with Crippen LogP contribution < -0.4 is 0 Å². The Hall–Kier alpha value is -2.81. The van der Waals surface area contributed by atoms with Gasteiger partial charge in [0.2, 0.25) is 0 Å². The van der Waals surface area contributed by atoms with Crippen LogP contribution >= 0.6 is 0 Å². The fraction of sp³-hybridized carbons (Fsp3) is 0.190. The fourth-order valence-electron chi connectivity index (χ4n) is 3.44. The predicted octanol–water partition coefficient (Wildman–Crippen LogP) is 4.90. The first-order valence-corrected chi connectivity index (χ1v) is 8.57. The third kappa shape index (κ3) is 2.24. The van der Waals surface area contributed by atoms with Crippen molar-refractivity contribution in [2.75, 3.05) is 0 Å². The van der Waals surface area contributed by atoms with Crippen LogP contribution in [0.5, 0.6) is 0 Å². The summed E-state index contributed by atoms with van der Waals surface area (Å²) in [5.41, 5.74) is 3.66. The molecule has 0 aliphatic heterocycles. The van der Waals surface area contributed by atoms with Crippen LogP contribution in [0.3, 0.4) is 0 Å². The number of fused-ring (bicyclic) bond motifs is 1. The molecule has 0 saturated heterocycles. The van der Waals surface area contributed by atoms with E-state index in [1.165, 1.54) is 29.4 Å². The van der Waals surface area contributed by atoms with Gasteiger partial charge in [-0.2, -0.15) is 0 Å². The third-order valence-electron chi connectivity index (χ3n) is 4.85. The van der Waals surface area contributed by atoms with Gasteiger partial charge in [0, 0.05) is 35.5 Å². The van der Waals surface area contributed by atoms with Gasteiger partial charge in [0.15, 0.2) is 5.82 Å². The van der Waals surface area contributed by atoms with E-state index in [0.29, 0.717) is 0 Å². The minimum atomic E-state index is 0.819. The molecule has 0 unspecified atom stereocenters. The smallest absolute Gasteiger partial charge is 0.161 e. The molecule has 1 saturated carbocycles. The average molecular weight is 313 g/mol. The molecule has 24 heavy (non-hydrogen) atoms. The number of benzene rings is 2. The Morgan fingerprint density at radius 1 is 0.958 bits per heavy atom. The lowest BCUT2D eigenvalue weighted by atomic mass is 10.2. The summed E-state index contributed by atoms with van der Waals surface area (Å²) in [6.07, 6.45) is 6.63. The van der Waals surface area contributed by atoms with Gasteiger partial charge in [-0.25, -0.2) is 4.98 Å². The Bertz CT molecular complexity index is 990. The third-order valence-corrected chi connectivity index (χ3v) is 4.85. The van der Waals surface area contributed by atoms with Crippen LogP contribution in [-0.4, -0.2) is 14.1 Å². The van der Waals surface area contributed by atoms with Crippen LogP contribution in [0.4, 0.5) is 0 Å². The number of hydrogen-bond donors (Lipinski definition) is 0. The highest BCUT2D eigenvalue weighted by molar-refractivity contribution is 5.86. The zero-order valence-electron chi connectivity index (χ0n) is 13.5. The Morgan fingerprint density at radius 2 is 1.75 bits per heavy atom. The van der Waals surface area contributed by atoms with Crippen LogP contribution in [0.15, 0.2) is 73.1 Å². The van der Waals surface area contributed by atoms with Gasteiger partial charge in [0.25, 0.3) is 0 Å². The highest BCUT2D eigenvalue weighted by atomic mass is 15.1. The van der Waals surface area contributed by atoms with Crippen LogP contribution in [-0.2, 0) is 6.54 Å². The van der Waals surface area contributed by atoms with E-state index >= 15 is 0 Å². The highest BCUT2D eigenvalue weighted by Crippen LogP contribution is 2.35. The normalized spacial score (nSPS) is 14.3. The zero-order valence-corrected chi connectivity index (χ0v) is 13.5. The molecule has 2 aromatic heterocycles. The summed E-state index contributed by atoms with van der Waals surface area (Å²) in [6, 6.07) is 21.4. The second-order valence-electron chi connectivity index (χ2n) is 6.60. The maximum Gasteiger partial charge on any atom is 0.161 e. The Kier molecular flexibility index (Phi) is 3.05. The molecule has 1 fully saturated rings. The molecule has 0 radical (unpaired) electrons. The van der Waals surface area contributed by atoms with Gasteiger partial charge in [0.05, 0.1) is 5.69 Å². The van der Waals surface area contributed by atoms with Gasteiger partial charge in [-0.3, -0.25) is 4.57 Å². The molecule has 2 aromatic carbocycles. The molecule has 0 amide bonds. The zero-order chi connectivity index (χ0) is 15.9. The molecule has 3 nitrogen and oxygen atoms in total. The van der Waals surface area contributed by atoms with Crippen molar-refractivity contribution in [1.29, 1.82) is 0 Å². The molecule has 0 bridgehead atoms. The van der Waals surface area contributed by atoms with Gasteiger partial charge in [-0.1, -0.05) is 36.4 Å². The van der Waals surface area contributed by atoms with Crippen molar-refractivity contribution in [3.63, 3.8) is 0 Å². The molecule has 118 valence electrons. The van der Waals surface area contributed by atoms with E-state index in [2.05, 4.69) is 68.7 Å². The molecule has 4 aromatic rings. The number of hydrogen-bond acceptors (Lipinski definition) is 1. The van der Waals surface area contributed by atoms with E-state index in [0.717, 1.165) is 24.0 Å². The number of rotatable bonds is 4. The monoisotopic (exact) mass is 313 g/mol. The summed E-state index contributed by atoms with van der Waals surface area (Å²) >= 11 is 0. The lowest BCUT2D eigenvalue weighted by molar-refractivity contribution is 0.649. The molecule has 5 rings (SSSR count). The van der Waals surface area contributed by atoms with Gasteiger partial charge in [-0.05, 0) is 43.0 Å². The number of imidazole rings is 1. The van der Waals surface area contributed by atoms with E-state index in [-0.39, 0.29) is 0 Å². The van der Waals surface area contributed by atoms with E-state index in [4.69, 9.17) is 0 Å². The van der Waals surface area contributed by atoms with Crippen molar-refractivity contribution in [2.24, 2.45) is 5.92 Å². The van der Waals surface area contributed by atoms with Crippen LogP contribution in [0.2, 0.25) is 0 Å². The van der Waals surface area contributed by atoms with E-state index in [9.17, 15) is 0 Å². The van der Waals surface area contributed by atoms with Crippen LogP contribution in [0.25, 0.3) is 28.1 Å². The van der Waals surface area contributed by atoms with Crippen LogP contribution in [0.1, 0.15) is 12.8 Å². The quantitative estimate of drug-likeness (QED) is 0.525. The standard InChI is InChI=1S/C21H19N3/c1-2-7-18(8-3-1)23-13-12-22-21(23)20-14-17-6-4-5-9-19(17)24(20)15-16-10-11-16/h1-9,12-14,16H,10-11,15H2. The topological polar surface area (TPSA) is 22.8 Å². The summed E-state index contributed by atoms with van der Waals surface area (Å²) in [4.78, 5) is 4.69. The van der Waals surface area contributed by atoms with E-state index < -0.39 is 0 Å². The molecule has 1 aliphatic rings. The largest absolute Gasteiger partial charge is 0.338 e. The molecule has 3 heteroatoms. The Balaban J connectivity index is 1.71. The van der Waals surface area contributed by atoms with Gasteiger partial charge < -0.3 is 4.57 Å². The Morgan fingerprint density at radius 3 is 2.58 bits per heavy atom. The predicted molar refractivity (Wildman–Crippen MR) is 97.2 cm³/mol. The molecular formula is C21H19N3. The van der Waals surface area contributed by atoms with Gasteiger partial charge in [-0.15, -0.1) is 0 Å². The van der Waals surface area contributed by atoms with Crippen molar-refractivity contribution in [3.8, 4) is 17.2 Å². The molecule has 0 N–H and O–H groups in total. The SMILES string of the molecule is c1ccc(-n2ccnc2-c2cc3ccccc3n2CC2CC2)cc1.